The van der Waals surface area contributed by atoms with Crippen LogP contribution in [0.3, 0.4) is 0 Å². The van der Waals surface area contributed by atoms with Crippen molar-refractivity contribution in [1.29, 1.82) is 0 Å². The summed E-state index contributed by atoms with van der Waals surface area (Å²) in [5.74, 6) is 0. The summed E-state index contributed by atoms with van der Waals surface area (Å²) in [6, 6.07) is 8.59. The van der Waals surface area contributed by atoms with Crippen molar-refractivity contribution in [3.63, 3.8) is 0 Å². The highest BCUT2D eigenvalue weighted by atomic mass is 16.3. The number of rotatable bonds is 3. The average Bonchev–Trinajstić information content (AvgIpc) is 2.96. The first kappa shape index (κ1) is 13.3. The van der Waals surface area contributed by atoms with E-state index in [4.69, 9.17) is 0 Å². The van der Waals surface area contributed by atoms with Crippen molar-refractivity contribution in [3.8, 4) is 0 Å². The number of hydrogen-bond acceptors (Lipinski definition) is 3. The van der Waals surface area contributed by atoms with Gasteiger partial charge in [-0.2, -0.15) is 5.10 Å². The summed E-state index contributed by atoms with van der Waals surface area (Å²) in [6.07, 6.45) is 4.16. The second kappa shape index (κ2) is 5.38. The van der Waals surface area contributed by atoms with E-state index in [-0.39, 0.29) is 6.04 Å². The molecule has 1 aromatic heterocycles. The summed E-state index contributed by atoms with van der Waals surface area (Å²) >= 11 is 0. The van der Waals surface area contributed by atoms with Crippen molar-refractivity contribution < 1.29 is 5.11 Å². The Bertz CT molecular complexity index is 591. The fraction of sp³-hybridized carbons (Fsp3) is 0.438. The maximum atomic E-state index is 10.7. The zero-order valence-electron chi connectivity index (χ0n) is 12.0. The van der Waals surface area contributed by atoms with Gasteiger partial charge in [0.05, 0.1) is 12.2 Å². The van der Waals surface area contributed by atoms with E-state index in [1.54, 1.807) is 6.20 Å². The molecule has 20 heavy (non-hydrogen) atoms. The summed E-state index contributed by atoms with van der Waals surface area (Å²) in [7, 11) is 0. The lowest BCUT2D eigenvalue weighted by Crippen LogP contribution is -2.33. The van der Waals surface area contributed by atoms with Crippen molar-refractivity contribution >= 4 is 0 Å². The van der Waals surface area contributed by atoms with Crippen LogP contribution in [0, 0.1) is 0 Å². The number of aliphatic hydroxyl groups is 1. The largest absolute Gasteiger partial charge is 0.386 e. The van der Waals surface area contributed by atoms with Crippen LogP contribution in [0.15, 0.2) is 36.7 Å². The zero-order chi connectivity index (χ0) is 14.1. The normalized spacial score (nSPS) is 19.9. The Labute approximate surface area is 119 Å². The number of benzene rings is 1. The summed E-state index contributed by atoms with van der Waals surface area (Å²) in [6.45, 7) is 5.06. The molecule has 1 aliphatic heterocycles. The smallest absolute Gasteiger partial charge is 0.101 e. The molecule has 0 bridgehead atoms. The molecule has 0 aliphatic carbocycles. The van der Waals surface area contributed by atoms with Crippen molar-refractivity contribution in [2.45, 2.75) is 38.5 Å². The van der Waals surface area contributed by atoms with Crippen LogP contribution >= 0.6 is 0 Å². The van der Waals surface area contributed by atoms with E-state index in [1.807, 2.05) is 16.9 Å². The lowest BCUT2D eigenvalue weighted by Gasteiger charge is -2.30. The molecule has 2 atom stereocenters. The third kappa shape index (κ3) is 2.37. The van der Waals surface area contributed by atoms with E-state index in [1.165, 1.54) is 11.1 Å². The SMILES string of the molecule is CC(C)n1cc(C(O)C2NCCc3ccccc32)cn1. The predicted octanol–water partition coefficient (Wildman–Crippen LogP) is 2.38. The van der Waals surface area contributed by atoms with E-state index < -0.39 is 6.10 Å². The molecule has 0 amide bonds. The van der Waals surface area contributed by atoms with Crippen LogP contribution in [-0.2, 0) is 6.42 Å². The Morgan fingerprint density at radius 2 is 2.15 bits per heavy atom. The highest BCUT2D eigenvalue weighted by Gasteiger charge is 2.28. The molecule has 1 aromatic carbocycles. The minimum Gasteiger partial charge on any atom is -0.386 e. The van der Waals surface area contributed by atoms with E-state index in [0.29, 0.717) is 6.04 Å². The number of aliphatic hydroxyl groups excluding tert-OH is 1. The van der Waals surface area contributed by atoms with E-state index in [2.05, 4.69) is 42.5 Å². The van der Waals surface area contributed by atoms with Crippen molar-refractivity contribution in [2.24, 2.45) is 0 Å². The van der Waals surface area contributed by atoms with Gasteiger partial charge in [0, 0.05) is 17.8 Å². The monoisotopic (exact) mass is 271 g/mol. The van der Waals surface area contributed by atoms with Gasteiger partial charge in [0.25, 0.3) is 0 Å². The summed E-state index contributed by atoms with van der Waals surface area (Å²) < 4.78 is 1.88. The molecule has 2 heterocycles. The number of fused-ring (bicyclic) bond motifs is 1. The molecule has 0 saturated heterocycles. The first-order valence-electron chi connectivity index (χ1n) is 7.20. The standard InChI is InChI=1S/C16H21N3O/c1-11(2)19-10-13(9-18-19)16(20)15-14-6-4-3-5-12(14)7-8-17-15/h3-6,9-11,15-17,20H,7-8H2,1-2H3. The van der Waals surface area contributed by atoms with Crippen LogP contribution in [0.5, 0.6) is 0 Å². The van der Waals surface area contributed by atoms with Crippen molar-refractivity contribution in [3.05, 3.63) is 53.3 Å². The third-order valence-corrected chi connectivity index (χ3v) is 3.96. The molecular formula is C16H21N3O. The molecular weight excluding hydrogens is 250 g/mol. The maximum absolute atomic E-state index is 10.7. The van der Waals surface area contributed by atoms with Crippen molar-refractivity contribution in [1.82, 2.24) is 15.1 Å². The van der Waals surface area contributed by atoms with Gasteiger partial charge < -0.3 is 10.4 Å². The third-order valence-electron chi connectivity index (χ3n) is 3.96. The summed E-state index contributed by atoms with van der Waals surface area (Å²) in [5.41, 5.74) is 3.39. The molecule has 0 spiro atoms. The van der Waals surface area contributed by atoms with Gasteiger partial charge in [-0.15, -0.1) is 0 Å². The molecule has 2 N–H and O–H groups in total. The molecule has 0 saturated carbocycles. The predicted molar refractivity (Wildman–Crippen MR) is 78.5 cm³/mol. The molecule has 0 radical (unpaired) electrons. The van der Waals surface area contributed by atoms with Crippen LogP contribution in [0.25, 0.3) is 0 Å². The Hall–Kier alpha value is -1.65. The Morgan fingerprint density at radius 1 is 1.35 bits per heavy atom. The lowest BCUT2D eigenvalue weighted by molar-refractivity contribution is 0.125. The van der Waals surface area contributed by atoms with Gasteiger partial charge in [0.15, 0.2) is 0 Å². The van der Waals surface area contributed by atoms with Gasteiger partial charge in [-0.25, -0.2) is 0 Å². The zero-order valence-corrected chi connectivity index (χ0v) is 12.0. The van der Waals surface area contributed by atoms with Gasteiger partial charge in [-0.05, 0) is 37.9 Å². The summed E-state index contributed by atoms with van der Waals surface area (Å²) in [5, 5.41) is 18.4. The Balaban J connectivity index is 1.89. The second-order valence-electron chi connectivity index (χ2n) is 5.67. The number of hydrogen-bond donors (Lipinski definition) is 2. The number of nitrogens with zero attached hydrogens (tertiary/aromatic N) is 2. The fourth-order valence-electron chi connectivity index (χ4n) is 2.80. The maximum Gasteiger partial charge on any atom is 0.101 e. The Kier molecular flexibility index (Phi) is 3.59. The van der Waals surface area contributed by atoms with Gasteiger partial charge in [0.1, 0.15) is 6.10 Å². The molecule has 4 heteroatoms. The molecule has 3 rings (SSSR count). The van der Waals surface area contributed by atoms with E-state index >= 15 is 0 Å². The van der Waals surface area contributed by atoms with Gasteiger partial charge >= 0.3 is 0 Å². The molecule has 2 unspecified atom stereocenters. The van der Waals surface area contributed by atoms with E-state index in [0.717, 1.165) is 18.5 Å². The highest BCUT2D eigenvalue weighted by Crippen LogP contribution is 2.33. The van der Waals surface area contributed by atoms with Crippen LogP contribution in [0.4, 0.5) is 0 Å². The fourth-order valence-corrected chi connectivity index (χ4v) is 2.80. The van der Waals surface area contributed by atoms with Crippen molar-refractivity contribution in [2.75, 3.05) is 6.54 Å². The first-order valence-corrected chi connectivity index (χ1v) is 7.20. The Morgan fingerprint density at radius 3 is 2.90 bits per heavy atom. The number of nitrogens with one attached hydrogen (secondary N) is 1. The second-order valence-corrected chi connectivity index (χ2v) is 5.67. The van der Waals surface area contributed by atoms with Crippen LogP contribution in [0.1, 0.15) is 48.7 Å². The number of aromatic nitrogens is 2. The first-order chi connectivity index (χ1) is 9.66. The van der Waals surface area contributed by atoms with E-state index in [9.17, 15) is 5.11 Å². The van der Waals surface area contributed by atoms with Crippen LogP contribution in [-0.4, -0.2) is 21.4 Å². The van der Waals surface area contributed by atoms with Gasteiger partial charge in [-0.1, -0.05) is 24.3 Å². The topological polar surface area (TPSA) is 50.1 Å². The molecule has 4 nitrogen and oxygen atoms in total. The van der Waals surface area contributed by atoms with Gasteiger partial charge in [0.2, 0.25) is 0 Å². The highest BCUT2D eigenvalue weighted by molar-refractivity contribution is 5.34. The molecule has 1 aliphatic rings. The lowest BCUT2D eigenvalue weighted by atomic mass is 9.89. The molecule has 106 valence electrons. The van der Waals surface area contributed by atoms with Crippen LogP contribution < -0.4 is 5.32 Å². The quantitative estimate of drug-likeness (QED) is 0.901. The average molecular weight is 271 g/mol. The molecule has 0 fully saturated rings. The summed E-state index contributed by atoms with van der Waals surface area (Å²) in [4.78, 5) is 0. The van der Waals surface area contributed by atoms with Crippen LogP contribution in [0.2, 0.25) is 0 Å². The minimum absolute atomic E-state index is 0.0511. The minimum atomic E-state index is -0.566. The molecule has 2 aromatic rings. The van der Waals surface area contributed by atoms with Gasteiger partial charge in [-0.3, -0.25) is 4.68 Å².